The second-order valence-electron chi connectivity index (χ2n) is 6.98. The number of hydrogen-bond donors (Lipinski definition) is 2. The first-order valence-electron chi connectivity index (χ1n) is 9.54. The van der Waals surface area contributed by atoms with Crippen molar-refractivity contribution in [3.8, 4) is 0 Å². The van der Waals surface area contributed by atoms with Crippen molar-refractivity contribution in [2.75, 3.05) is 38.1 Å². The summed E-state index contributed by atoms with van der Waals surface area (Å²) in [6.45, 7) is 3.76. The van der Waals surface area contributed by atoms with Gasteiger partial charge in [-0.2, -0.15) is 0 Å². The fourth-order valence-electron chi connectivity index (χ4n) is 3.24. The molecule has 0 aliphatic carbocycles. The number of carbonyl (C=O) groups excluding carboxylic acids is 2. The number of hydroxylamine groups is 1. The molecule has 3 rings (SSSR count). The van der Waals surface area contributed by atoms with Gasteiger partial charge in [0.15, 0.2) is 5.78 Å². The molecule has 6 heteroatoms. The summed E-state index contributed by atoms with van der Waals surface area (Å²) < 4.78 is 0. The van der Waals surface area contributed by atoms with E-state index >= 15 is 0 Å². The first kappa shape index (κ1) is 20.5. The minimum absolute atomic E-state index is 0.0415. The van der Waals surface area contributed by atoms with Gasteiger partial charge in [0, 0.05) is 43.5 Å². The van der Waals surface area contributed by atoms with Crippen molar-refractivity contribution in [3.63, 3.8) is 0 Å². The Morgan fingerprint density at radius 1 is 0.931 bits per heavy atom. The minimum Gasteiger partial charge on any atom is -0.368 e. The fourth-order valence-corrected chi connectivity index (χ4v) is 3.24. The third kappa shape index (κ3) is 5.63. The van der Waals surface area contributed by atoms with Crippen molar-refractivity contribution in [1.82, 2.24) is 10.4 Å². The van der Waals surface area contributed by atoms with Gasteiger partial charge in [0.2, 0.25) is 0 Å². The van der Waals surface area contributed by atoms with Gasteiger partial charge in [-0.3, -0.25) is 14.8 Å². The normalized spacial score (nSPS) is 15.2. The molecule has 29 heavy (non-hydrogen) atoms. The molecule has 2 aromatic carbocycles. The second kappa shape index (κ2) is 9.82. The maximum absolute atomic E-state index is 12.9. The number of amides is 1. The molecule has 1 saturated heterocycles. The maximum atomic E-state index is 12.9. The zero-order valence-electron chi connectivity index (χ0n) is 16.4. The molecule has 0 unspecified atom stereocenters. The molecule has 1 aliphatic heterocycles. The number of anilines is 1. The van der Waals surface area contributed by atoms with Crippen molar-refractivity contribution in [2.24, 2.45) is 0 Å². The summed E-state index contributed by atoms with van der Waals surface area (Å²) in [4.78, 5) is 28.5. The van der Waals surface area contributed by atoms with E-state index in [4.69, 9.17) is 5.21 Å². The number of hydrogen-bond acceptors (Lipinski definition) is 5. The number of allylic oxidation sites excluding steroid dienone is 1. The van der Waals surface area contributed by atoms with Crippen molar-refractivity contribution in [2.45, 2.75) is 0 Å². The Bertz CT molecular complexity index is 928. The summed E-state index contributed by atoms with van der Waals surface area (Å²) in [6, 6.07) is 15.2. The Balaban J connectivity index is 1.75. The molecule has 0 radical (unpaired) electrons. The van der Waals surface area contributed by atoms with Crippen LogP contribution in [0.4, 0.5) is 5.69 Å². The van der Waals surface area contributed by atoms with E-state index in [2.05, 4.69) is 16.8 Å². The van der Waals surface area contributed by atoms with Crippen LogP contribution in [0.1, 0.15) is 21.5 Å². The lowest BCUT2D eigenvalue weighted by Crippen LogP contribution is -2.44. The SMILES string of the molecule is CN1CCN(c2ccccc2C(=O)/C=C/c2cccc(/C=C/C(=O)NO)c2)CC1. The van der Waals surface area contributed by atoms with Crippen molar-refractivity contribution in [1.29, 1.82) is 0 Å². The van der Waals surface area contributed by atoms with Crippen LogP contribution in [-0.4, -0.2) is 55.0 Å². The number of nitrogens with zero attached hydrogens (tertiary/aromatic N) is 2. The maximum Gasteiger partial charge on any atom is 0.267 e. The van der Waals surface area contributed by atoms with Gasteiger partial charge in [-0.25, -0.2) is 5.48 Å². The van der Waals surface area contributed by atoms with Gasteiger partial charge < -0.3 is 9.80 Å². The van der Waals surface area contributed by atoms with Crippen LogP contribution in [0.25, 0.3) is 12.2 Å². The van der Waals surface area contributed by atoms with E-state index in [1.54, 1.807) is 23.7 Å². The molecule has 6 nitrogen and oxygen atoms in total. The number of piperazine rings is 1. The van der Waals surface area contributed by atoms with Gasteiger partial charge in [-0.05, 0) is 48.5 Å². The van der Waals surface area contributed by atoms with E-state index in [0.29, 0.717) is 5.56 Å². The highest BCUT2D eigenvalue weighted by Gasteiger charge is 2.18. The van der Waals surface area contributed by atoms with E-state index in [1.807, 2.05) is 48.5 Å². The number of nitrogens with one attached hydrogen (secondary N) is 1. The van der Waals surface area contributed by atoms with Crippen molar-refractivity contribution >= 4 is 29.5 Å². The Morgan fingerprint density at radius 2 is 1.59 bits per heavy atom. The number of para-hydroxylation sites is 1. The second-order valence-corrected chi connectivity index (χ2v) is 6.98. The average Bonchev–Trinajstić information content (AvgIpc) is 2.76. The lowest BCUT2D eigenvalue weighted by atomic mass is 10.0. The Morgan fingerprint density at radius 3 is 2.28 bits per heavy atom. The monoisotopic (exact) mass is 391 g/mol. The molecule has 0 saturated carbocycles. The van der Waals surface area contributed by atoms with Gasteiger partial charge in [-0.1, -0.05) is 36.4 Å². The van der Waals surface area contributed by atoms with Gasteiger partial charge in [-0.15, -0.1) is 0 Å². The number of ketones is 1. The summed E-state index contributed by atoms with van der Waals surface area (Å²) >= 11 is 0. The third-order valence-corrected chi connectivity index (χ3v) is 4.89. The molecule has 1 fully saturated rings. The summed E-state index contributed by atoms with van der Waals surface area (Å²) in [5.41, 5.74) is 4.87. The van der Waals surface area contributed by atoms with Crippen LogP contribution in [0.5, 0.6) is 0 Å². The highest BCUT2D eigenvalue weighted by atomic mass is 16.5. The number of likely N-dealkylation sites (N-methyl/N-ethyl adjacent to an activating group) is 1. The van der Waals surface area contributed by atoms with Gasteiger partial charge in [0.1, 0.15) is 0 Å². The Labute approximate surface area is 170 Å². The molecule has 1 heterocycles. The van der Waals surface area contributed by atoms with Gasteiger partial charge in [0.25, 0.3) is 5.91 Å². The molecular weight excluding hydrogens is 366 g/mol. The van der Waals surface area contributed by atoms with Crippen LogP contribution < -0.4 is 10.4 Å². The van der Waals surface area contributed by atoms with Crippen LogP contribution in [0, 0.1) is 0 Å². The van der Waals surface area contributed by atoms with Crippen LogP contribution >= 0.6 is 0 Å². The molecule has 0 bridgehead atoms. The van der Waals surface area contributed by atoms with Crippen LogP contribution in [0.2, 0.25) is 0 Å². The van der Waals surface area contributed by atoms with Crippen LogP contribution in [-0.2, 0) is 4.79 Å². The van der Waals surface area contributed by atoms with Gasteiger partial charge in [0.05, 0.1) is 0 Å². The molecule has 1 amide bonds. The van der Waals surface area contributed by atoms with Gasteiger partial charge >= 0.3 is 0 Å². The highest BCUT2D eigenvalue weighted by molar-refractivity contribution is 6.10. The molecule has 150 valence electrons. The Hall–Kier alpha value is -3.22. The molecule has 0 aromatic heterocycles. The largest absolute Gasteiger partial charge is 0.368 e. The van der Waals surface area contributed by atoms with Crippen LogP contribution in [0.3, 0.4) is 0 Å². The first-order chi connectivity index (χ1) is 14.1. The number of benzene rings is 2. The standard InChI is InChI=1S/C23H25N3O3/c1-25-13-15-26(16-14-25)21-8-3-2-7-20(21)22(27)11-9-18-5-4-6-19(17-18)10-12-23(28)24-29/h2-12,17,29H,13-16H2,1H3,(H,24,28)/b11-9+,12-10+. The molecule has 0 atom stereocenters. The Kier molecular flexibility index (Phi) is 6.94. The summed E-state index contributed by atoms with van der Waals surface area (Å²) in [7, 11) is 2.11. The average molecular weight is 391 g/mol. The van der Waals surface area contributed by atoms with E-state index in [9.17, 15) is 9.59 Å². The predicted octanol–water partition coefficient (Wildman–Crippen LogP) is 2.85. The fraction of sp³-hybridized carbons (Fsp3) is 0.217. The number of rotatable bonds is 6. The quantitative estimate of drug-likeness (QED) is 0.343. The van der Waals surface area contributed by atoms with Crippen molar-refractivity contribution < 1.29 is 14.8 Å². The predicted molar refractivity (Wildman–Crippen MR) is 115 cm³/mol. The zero-order valence-corrected chi connectivity index (χ0v) is 16.4. The van der Waals surface area contributed by atoms with Crippen LogP contribution in [0.15, 0.2) is 60.7 Å². The summed E-state index contributed by atoms with van der Waals surface area (Å²) in [5.74, 6) is -0.637. The highest BCUT2D eigenvalue weighted by Crippen LogP contribution is 2.23. The number of carbonyl (C=O) groups is 2. The molecule has 1 aliphatic rings. The third-order valence-electron chi connectivity index (χ3n) is 4.89. The molecular formula is C23H25N3O3. The first-order valence-corrected chi connectivity index (χ1v) is 9.54. The zero-order chi connectivity index (χ0) is 20.6. The van der Waals surface area contributed by atoms with E-state index in [0.717, 1.165) is 43.0 Å². The van der Waals surface area contributed by atoms with E-state index in [1.165, 1.54) is 6.08 Å². The van der Waals surface area contributed by atoms with E-state index in [-0.39, 0.29) is 5.78 Å². The minimum atomic E-state index is -0.596. The summed E-state index contributed by atoms with van der Waals surface area (Å²) in [5, 5.41) is 8.55. The molecule has 2 N–H and O–H groups in total. The van der Waals surface area contributed by atoms with E-state index < -0.39 is 5.91 Å². The topological polar surface area (TPSA) is 72.9 Å². The molecule has 0 spiro atoms. The lowest BCUT2D eigenvalue weighted by Gasteiger charge is -2.34. The lowest BCUT2D eigenvalue weighted by molar-refractivity contribution is -0.124. The van der Waals surface area contributed by atoms with Crippen molar-refractivity contribution in [3.05, 3.63) is 77.4 Å². The smallest absolute Gasteiger partial charge is 0.267 e. The summed E-state index contributed by atoms with van der Waals surface area (Å²) in [6.07, 6.45) is 6.18. The molecule has 2 aromatic rings.